The summed E-state index contributed by atoms with van der Waals surface area (Å²) in [5.74, 6) is 1.62. The van der Waals surface area contributed by atoms with Crippen molar-refractivity contribution in [1.82, 2.24) is 40.4 Å². The van der Waals surface area contributed by atoms with Crippen molar-refractivity contribution in [2.75, 3.05) is 52.2 Å². The Labute approximate surface area is 395 Å². The normalized spacial score (nSPS) is 22.0. The largest absolute Gasteiger partial charge is 0.486 e. The number of benzene rings is 3. The van der Waals surface area contributed by atoms with Crippen LogP contribution in [0.2, 0.25) is 0 Å². The lowest BCUT2D eigenvalue weighted by Crippen LogP contribution is -2.51. The van der Waals surface area contributed by atoms with E-state index in [1.54, 1.807) is 0 Å². The molecule has 2 unspecified atom stereocenters. The molecule has 6 heterocycles. The van der Waals surface area contributed by atoms with E-state index < -0.39 is 24.3 Å². The van der Waals surface area contributed by atoms with Crippen LogP contribution in [0.3, 0.4) is 0 Å². The Hall–Kier alpha value is -6.40. The number of nitrogens with zero attached hydrogens (tertiary/aromatic N) is 5. The van der Waals surface area contributed by atoms with Crippen LogP contribution in [0.25, 0.3) is 22.1 Å². The van der Waals surface area contributed by atoms with Gasteiger partial charge in [-0.3, -0.25) is 9.59 Å². The van der Waals surface area contributed by atoms with Gasteiger partial charge in [-0.05, 0) is 110 Å². The second-order valence-corrected chi connectivity index (χ2v) is 19.0. The third kappa shape index (κ3) is 9.52. The number of aromatic amines is 2. The molecule has 4 saturated heterocycles. The first-order valence-corrected chi connectivity index (χ1v) is 23.9. The molecule has 0 saturated carbocycles. The van der Waals surface area contributed by atoms with E-state index in [1.165, 1.54) is 14.2 Å². The van der Waals surface area contributed by atoms with Crippen molar-refractivity contribution in [3.63, 3.8) is 0 Å². The van der Waals surface area contributed by atoms with Crippen molar-refractivity contribution < 1.29 is 42.9 Å². The molecule has 0 aliphatic carbocycles. The van der Waals surface area contributed by atoms with Gasteiger partial charge < -0.3 is 59.0 Å². The number of hydrogen-bond acceptors (Lipinski definition) is 12. The molecule has 4 aliphatic rings. The highest BCUT2D eigenvalue weighted by molar-refractivity contribution is 5.87. The number of ether oxygens (including phenoxy) is 5. The maximum atomic E-state index is 13.9. The van der Waals surface area contributed by atoms with E-state index in [4.69, 9.17) is 33.7 Å². The van der Waals surface area contributed by atoms with Gasteiger partial charge in [0.05, 0.1) is 73.7 Å². The number of carbonyl (C=O) groups is 4. The molecule has 3 aromatic carbocycles. The molecular formula is C50H63N9O9. The molecule has 5 aromatic rings. The van der Waals surface area contributed by atoms with Crippen molar-refractivity contribution in [3.8, 4) is 5.75 Å². The Morgan fingerprint density at radius 3 is 1.56 bits per heavy atom. The number of H-pyrrole nitrogens is 2. The second kappa shape index (κ2) is 20.1. The summed E-state index contributed by atoms with van der Waals surface area (Å²) in [6, 6.07) is 19.1. The van der Waals surface area contributed by atoms with Crippen LogP contribution < -0.4 is 20.3 Å². The lowest BCUT2D eigenvalue weighted by molar-refractivity contribution is -0.143. The third-order valence-electron chi connectivity index (χ3n) is 13.9. The van der Waals surface area contributed by atoms with E-state index >= 15 is 0 Å². The van der Waals surface area contributed by atoms with Gasteiger partial charge >= 0.3 is 12.2 Å². The average Bonchev–Trinajstić information content (AvgIpc) is 4.21. The predicted molar refractivity (Wildman–Crippen MR) is 253 cm³/mol. The zero-order valence-corrected chi connectivity index (χ0v) is 39.7. The van der Waals surface area contributed by atoms with Crippen LogP contribution in [-0.2, 0) is 28.5 Å². The number of imidazole rings is 2. The summed E-state index contributed by atoms with van der Waals surface area (Å²) < 4.78 is 26.8. The van der Waals surface area contributed by atoms with Crippen molar-refractivity contribution in [2.45, 2.75) is 109 Å². The first-order chi connectivity index (χ1) is 32.9. The fraction of sp³-hybridized carbons (Fsp3) is 0.520. The van der Waals surface area contributed by atoms with Crippen LogP contribution in [0.4, 0.5) is 15.3 Å². The lowest BCUT2D eigenvalue weighted by Gasteiger charge is -2.33. The predicted octanol–water partition coefficient (Wildman–Crippen LogP) is 7.36. The zero-order chi connectivity index (χ0) is 47.6. The number of anilines is 1. The fourth-order valence-electron chi connectivity index (χ4n) is 10.5. The van der Waals surface area contributed by atoms with Gasteiger partial charge in [0.1, 0.15) is 42.4 Å². The quantitative estimate of drug-likeness (QED) is 0.0914. The topological polar surface area (TPSA) is 206 Å². The van der Waals surface area contributed by atoms with Crippen LogP contribution in [0.5, 0.6) is 5.75 Å². The Morgan fingerprint density at radius 1 is 0.647 bits per heavy atom. The molecule has 6 atom stereocenters. The van der Waals surface area contributed by atoms with Crippen molar-refractivity contribution in [3.05, 3.63) is 83.4 Å². The summed E-state index contributed by atoms with van der Waals surface area (Å²) in [6.07, 6.45) is 3.45. The molecule has 0 bridgehead atoms. The van der Waals surface area contributed by atoms with Gasteiger partial charge in [-0.15, -0.1) is 0 Å². The summed E-state index contributed by atoms with van der Waals surface area (Å²) in [4.78, 5) is 75.6. The van der Waals surface area contributed by atoms with Gasteiger partial charge in [0.15, 0.2) is 0 Å². The maximum absolute atomic E-state index is 13.9. The minimum Gasteiger partial charge on any atom is -0.486 e. The first-order valence-electron chi connectivity index (χ1n) is 23.9. The van der Waals surface area contributed by atoms with E-state index in [2.05, 4.69) is 74.0 Å². The standard InChI is InChI=1S/C50H63N9O9/c1-28(2)43(55-49(62)64-5)47(60)57-21-7-9-41(57)45-51-35-17-11-30(23-37(35)53-45)39-19-20-40(59(39)32-13-15-33(16-14-32)68-34-25-66-27-67-26-34)31-12-18-36-38(24-31)54-46(52-36)42-10-8-22-58(42)48(61)44(29(3)4)56-50(63)65-6/h11-18,23-24,28-29,34,39-44H,7-10,19-22,25-27H2,1-6H3,(H,51,53)(H,52,54)(H,55,62)(H,56,63)/t39-,40?,41?,42+,43+,44+/m1/s1. The highest BCUT2D eigenvalue weighted by Gasteiger charge is 2.40. The minimum atomic E-state index is -0.721. The van der Waals surface area contributed by atoms with Crippen molar-refractivity contribution >= 4 is 51.8 Å². The molecule has 0 radical (unpaired) electrons. The molecule has 68 heavy (non-hydrogen) atoms. The van der Waals surface area contributed by atoms with E-state index in [1.807, 2.05) is 49.6 Å². The number of hydrogen-bond donors (Lipinski definition) is 4. The number of methoxy groups -OCH3 is 2. The number of fused-ring (bicyclic) bond motifs is 2. The van der Waals surface area contributed by atoms with Gasteiger partial charge in [0.25, 0.3) is 0 Å². The Kier molecular flexibility index (Phi) is 13.8. The summed E-state index contributed by atoms with van der Waals surface area (Å²) in [5, 5.41) is 5.47. The van der Waals surface area contributed by atoms with Crippen LogP contribution in [0.15, 0.2) is 60.7 Å². The van der Waals surface area contributed by atoms with Crippen LogP contribution in [0, 0.1) is 11.8 Å². The Morgan fingerprint density at radius 2 is 1.12 bits per heavy atom. The lowest BCUT2D eigenvalue weighted by atomic mass is 10.0. The second-order valence-electron chi connectivity index (χ2n) is 19.0. The highest BCUT2D eigenvalue weighted by atomic mass is 16.7. The smallest absolute Gasteiger partial charge is 0.407 e. The monoisotopic (exact) mass is 933 g/mol. The number of likely N-dealkylation sites (tertiary alicyclic amines) is 2. The summed E-state index contributed by atoms with van der Waals surface area (Å²) in [5.41, 5.74) is 6.68. The van der Waals surface area contributed by atoms with Gasteiger partial charge in [-0.1, -0.05) is 39.8 Å². The number of carbonyl (C=O) groups excluding carboxylic acids is 4. The van der Waals surface area contributed by atoms with Gasteiger partial charge in [0.2, 0.25) is 11.8 Å². The van der Waals surface area contributed by atoms with Gasteiger partial charge in [-0.25, -0.2) is 19.6 Å². The first kappa shape index (κ1) is 46.7. The molecule has 2 aromatic heterocycles. The number of alkyl carbamates (subject to hydrolysis) is 2. The van der Waals surface area contributed by atoms with Gasteiger partial charge in [-0.2, -0.15) is 0 Å². The van der Waals surface area contributed by atoms with E-state index in [9.17, 15) is 19.2 Å². The number of amides is 4. The molecule has 9 rings (SSSR count). The molecule has 18 heteroatoms. The molecular weight excluding hydrogens is 871 g/mol. The van der Waals surface area contributed by atoms with E-state index in [0.29, 0.717) is 26.3 Å². The summed E-state index contributed by atoms with van der Waals surface area (Å²) >= 11 is 0. The SMILES string of the molecule is COC(=O)N[C@H](C(=O)N1CCCC1c1nc2cc([C@H]3CCC(c4ccc5[nH]c([C@@H]6CCCN6C(=O)[C@@H](NC(=O)OC)C(C)C)nc5c4)N3c3ccc(OC4COCOC4)cc3)ccc2[nH]1)C(C)C. The Balaban J connectivity index is 1.00. The molecule has 4 amide bonds. The van der Waals surface area contributed by atoms with Crippen molar-refractivity contribution in [1.29, 1.82) is 0 Å². The molecule has 362 valence electrons. The molecule has 0 spiro atoms. The van der Waals surface area contributed by atoms with Crippen LogP contribution >= 0.6 is 0 Å². The number of aromatic nitrogens is 4. The molecule has 18 nitrogen and oxygen atoms in total. The molecule has 4 fully saturated rings. The van der Waals surface area contributed by atoms with E-state index in [-0.39, 0.29) is 60.7 Å². The average molecular weight is 934 g/mol. The fourth-order valence-corrected chi connectivity index (χ4v) is 10.5. The van der Waals surface area contributed by atoms with Crippen LogP contribution in [0.1, 0.15) is 113 Å². The number of nitrogens with one attached hydrogen (secondary N) is 4. The maximum Gasteiger partial charge on any atom is 0.407 e. The van der Waals surface area contributed by atoms with Crippen LogP contribution in [-0.4, -0.2) is 119 Å². The molecule has 4 N–H and O–H groups in total. The third-order valence-corrected chi connectivity index (χ3v) is 13.9. The minimum absolute atomic E-state index is 0.00628. The Bertz CT molecular complexity index is 2460. The zero-order valence-electron chi connectivity index (χ0n) is 39.7. The molecule has 4 aliphatic heterocycles. The summed E-state index contributed by atoms with van der Waals surface area (Å²) in [6.45, 7) is 9.98. The van der Waals surface area contributed by atoms with E-state index in [0.717, 1.165) is 94.8 Å². The number of rotatable bonds is 13. The highest BCUT2D eigenvalue weighted by Crippen LogP contribution is 2.48. The summed E-state index contributed by atoms with van der Waals surface area (Å²) in [7, 11) is 2.59. The van der Waals surface area contributed by atoms with Gasteiger partial charge in [0, 0.05) is 18.8 Å². The van der Waals surface area contributed by atoms with Crippen molar-refractivity contribution in [2.24, 2.45) is 11.8 Å².